The van der Waals surface area contributed by atoms with Gasteiger partial charge < -0.3 is 20.5 Å². The lowest BCUT2D eigenvalue weighted by Crippen LogP contribution is -2.53. The van der Waals surface area contributed by atoms with Crippen molar-refractivity contribution in [3.8, 4) is 0 Å². The highest BCUT2D eigenvalue weighted by atomic mass is 16.6. The van der Waals surface area contributed by atoms with Crippen LogP contribution in [0.3, 0.4) is 0 Å². The third kappa shape index (κ3) is 2.76. The van der Waals surface area contributed by atoms with Crippen molar-refractivity contribution in [1.82, 2.24) is 15.1 Å². The fourth-order valence-corrected chi connectivity index (χ4v) is 2.36. The van der Waals surface area contributed by atoms with Crippen LogP contribution in [0.2, 0.25) is 0 Å². The third-order valence-electron chi connectivity index (χ3n) is 3.36. The molecule has 2 N–H and O–H groups in total. The van der Waals surface area contributed by atoms with Crippen molar-refractivity contribution < 1.29 is 19.6 Å². The van der Waals surface area contributed by atoms with Gasteiger partial charge in [-0.15, -0.1) is 0 Å². The summed E-state index contributed by atoms with van der Waals surface area (Å²) in [5.41, 5.74) is -1.21. The maximum atomic E-state index is 11.9. The van der Waals surface area contributed by atoms with Gasteiger partial charge in [0.15, 0.2) is 0 Å². The summed E-state index contributed by atoms with van der Waals surface area (Å²) in [5.74, 6) is -1.92. The van der Waals surface area contributed by atoms with Gasteiger partial charge in [0.25, 0.3) is 0 Å². The molecule has 1 heterocycles. The van der Waals surface area contributed by atoms with Gasteiger partial charge in [0, 0.05) is 0 Å². The van der Waals surface area contributed by atoms with E-state index >= 15 is 0 Å². The number of carbonyl (C=O) groups is 2. The Kier molecular flexibility index (Phi) is 3.68. The van der Waals surface area contributed by atoms with Crippen LogP contribution in [0.5, 0.6) is 0 Å². The zero-order valence-electron chi connectivity index (χ0n) is 10.6. The highest BCUT2D eigenvalue weighted by Gasteiger charge is 2.42. The van der Waals surface area contributed by atoms with E-state index in [2.05, 4.69) is 10.4 Å². The summed E-state index contributed by atoms with van der Waals surface area (Å²) in [6, 6.07) is 1.18. The molecule has 0 radical (unpaired) electrons. The summed E-state index contributed by atoms with van der Waals surface area (Å²) in [4.78, 5) is 32.9. The van der Waals surface area contributed by atoms with Gasteiger partial charge in [0.1, 0.15) is 12.1 Å². The molecule has 0 atom stereocenters. The lowest BCUT2D eigenvalue weighted by molar-refractivity contribution is -0.389. The number of amides is 1. The largest absolute Gasteiger partial charge is 0.480 e. The van der Waals surface area contributed by atoms with E-state index in [9.17, 15) is 24.8 Å². The van der Waals surface area contributed by atoms with Crippen molar-refractivity contribution in [2.24, 2.45) is 0 Å². The minimum absolute atomic E-state index is 0.247. The molecule has 0 aliphatic heterocycles. The quantitative estimate of drug-likeness (QED) is 0.590. The highest BCUT2D eigenvalue weighted by Crippen LogP contribution is 2.29. The van der Waals surface area contributed by atoms with E-state index in [-0.39, 0.29) is 12.4 Å². The molecule has 1 fully saturated rings. The van der Waals surface area contributed by atoms with Crippen LogP contribution in [-0.4, -0.2) is 37.2 Å². The molecule has 2 rings (SSSR count). The van der Waals surface area contributed by atoms with Crippen molar-refractivity contribution >= 4 is 17.7 Å². The first-order valence-corrected chi connectivity index (χ1v) is 6.15. The monoisotopic (exact) mass is 282 g/mol. The van der Waals surface area contributed by atoms with E-state index in [1.54, 1.807) is 0 Å². The number of aliphatic carboxylic acids is 1. The summed E-state index contributed by atoms with van der Waals surface area (Å²) >= 11 is 0. The molecule has 108 valence electrons. The maximum absolute atomic E-state index is 11.9. The van der Waals surface area contributed by atoms with Gasteiger partial charge in [-0.3, -0.25) is 4.79 Å². The van der Waals surface area contributed by atoms with Gasteiger partial charge in [-0.1, -0.05) is 12.8 Å². The van der Waals surface area contributed by atoms with E-state index in [4.69, 9.17) is 0 Å². The molecule has 1 aromatic heterocycles. The van der Waals surface area contributed by atoms with Gasteiger partial charge >= 0.3 is 11.8 Å². The van der Waals surface area contributed by atoms with Gasteiger partial charge in [-0.25, -0.2) is 4.79 Å². The fourth-order valence-electron chi connectivity index (χ4n) is 2.36. The van der Waals surface area contributed by atoms with Crippen LogP contribution in [-0.2, 0) is 16.1 Å². The van der Waals surface area contributed by atoms with E-state index in [0.29, 0.717) is 12.8 Å². The lowest BCUT2D eigenvalue weighted by atomic mass is 9.98. The van der Waals surface area contributed by atoms with Gasteiger partial charge in [0.2, 0.25) is 5.91 Å². The summed E-state index contributed by atoms with van der Waals surface area (Å²) in [6.07, 6.45) is 3.60. The van der Waals surface area contributed by atoms with E-state index < -0.39 is 22.3 Å². The smallest absolute Gasteiger partial charge is 0.389 e. The number of aromatic nitrogens is 2. The molecule has 9 heteroatoms. The van der Waals surface area contributed by atoms with E-state index in [0.717, 1.165) is 17.5 Å². The van der Waals surface area contributed by atoms with Crippen molar-refractivity contribution in [2.75, 3.05) is 0 Å². The SMILES string of the molecule is O=C(Cn1ccc([N+](=O)[O-])n1)NC1(C(=O)O)CCCC1. The summed E-state index contributed by atoms with van der Waals surface area (Å²) in [6.45, 7) is -0.247. The Hall–Kier alpha value is -2.45. The number of hydrogen-bond donors (Lipinski definition) is 2. The molecular formula is C11H14N4O5. The number of nitrogens with zero attached hydrogens (tertiary/aromatic N) is 3. The Morgan fingerprint density at radius 2 is 2.15 bits per heavy atom. The van der Waals surface area contributed by atoms with Crippen LogP contribution in [0.15, 0.2) is 12.3 Å². The number of nitro groups is 1. The Balaban J connectivity index is 2.01. The molecule has 0 saturated heterocycles. The topological polar surface area (TPSA) is 127 Å². The first-order chi connectivity index (χ1) is 9.43. The average molecular weight is 282 g/mol. The molecular weight excluding hydrogens is 268 g/mol. The van der Waals surface area contributed by atoms with Crippen molar-refractivity contribution in [2.45, 2.75) is 37.8 Å². The fraction of sp³-hybridized carbons (Fsp3) is 0.545. The molecule has 1 saturated carbocycles. The number of rotatable bonds is 5. The molecule has 0 unspecified atom stereocenters. The number of carboxylic acid groups (broad SMARTS) is 1. The zero-order chi connectivity index (χ0) is 14.8. The first kappa shape index (κ1) is 14.0. The average Bonchev–Trinajstić information content (AvgIpc) is 2.98. The van der Waals surface area contributed by atoms with Crippen molar-refractivity contribution in [1.29, 1.82) is 0 Å². The Morgan fingerprint density at radius 3 is 2.65 bits per heavy atom. The van der Waals surface area contributed by atoms with Crippen LogP contribution in [0.4, 0.5) is 5.82 Å². The predicted molar refractivity (Wildman–Crippen MR) is 65.9 cm³/mol. The van der Waals surface area contributed by atoms with Gasteiger partial charge in [-0.05, 0) is 17.8 Å². The summed E-state index contributed by atoms with van der Waals surface area (Å²) in [5, 5.41) is 25.8. The molecule has 0 aromatic carbocycles. The summed E-state index contributed by atoms with van der Waals surface area (Å²) in [7, 11) is 0. The van der Waals surface area contributed by atoms with Crippen LogP contribution in [0.1, 0.15) is 25.7 Å². The second-order valence-electron chi connectivity index (χ2n) is 4.77. The first-order valence-electron chi connectivity index (χ1n) is 6.15. The zero-order valence-corrected chi connectivity index (χ0v) is 10.6. The third-order valence-corrected chi connectivity index (χ3v) is 3.36. The Bertz CT molecular complexity index is 547. The Morgan fingerprint density at radius 1 is 1.50 bits per heavy atom. The van der Waals surface area contributed by atoms with Crippen LogP contribution in [0, 0.1) is 10.1 Å². The number of hydrogen-bond acceptors (Lipinski definition) is 5. The van der Waals surface area contributed by atoms with Crippen LogP contribution < -0.4 is 5.32 Å². The molecule has 20 heavy (non-hydrogen) atoms. The minimum Gasteiger partial charge on any atom is -0.480 e. The Labute approximate surface area is 113 Å². The van der Waals surface area contributed by atoms with Gasteiger partial charge in [-0.2, -0.15) is 4.68 Å². The van der Waals surface area contributed by atoms with Crippen molar-refractivity contribution in [3.63, 3.8) is 0 Å². The molecule has 0 spiro atoms. The molecule has 1 aliphatic rings. The standard InChI is InChI=1S/C11H14N4O5/c16-9(7-14-6-3-8(13-14)15(19)20)12-11(10(17)18)4-1-2-5-11/h3,6H,1-2,4-5,7H2,(H,12,16)(H,17,18). The molecule has 0 bridgehead atoms. The molecule has 1 amide bonds. The van der Waals surface area contributed by atoms with Gasteiger partial charge in [0.05, 0.1) is 17.4 Å². The second-order valence-corrected chi connectivity index (χ2v) is 4.77. The molecule has 1 aromatic rings. The normalized spacial score (nSPS) is 16.8. The summed E-state index contributed by atoms with van der Waals surface area (Å²) < 4.78 is 1.11. The number of carbonyl (C=O) groups excluding carboxylic acids is 1. The van der Waals surface area contributed by atoms with Crippen LogP contribution in [0.25, 0.3) is 0 Å². The predicted octanol–water partition coefficient (Wildman–Crippen LogP) is 0.305. The lowest BCUT2D eigenvalue weighted by Gasteiger charge is -2.24. The number of carboxylic acids is 1. The number of nitrogens with one attached hydrogen (secondary N) is 1. The van der Waals surface area contributed by atoms with Crippen molar-refractivity contribution in [3.05, 3.63) is 22.4 Å². The molecule has 1 aliphatic carbocycles. The second kappa shape index (κ2) is 5.27. The molecule has 9 nitrogen and oxygen atoms in total. The minimum atomic E-state index is -1.21. The van der Waals surface area contributed by atoms with E-state index in [1.807, 2.05) is 0 Å². The van der Waals surface area contributed by atoms with Crippen LogP contribution >= 0.6 is 0 Å². The highest BCUT2D eigenvalue weighted by molar-refractivity contribution is 5.87. The van der Waals surface area contributed by atoms with E-state index in [1.165, 1.54) is 12.3 Å². The maximum Gasteiger partial charge on any atom is 0.389 e.